The number of aliphatic hydroxyl groups is 2. The molecule has 6 heteroatoms. The van der Waals surface area contributed by atoms with E-state index < -0.39 is 29.9 Å². The SMILES string of the molecule is CC(C)(C)OC(=O)N1C[C@@H](N)[C@H](O)[C@H]1CO. The van der Waals surface area contributed by atoms with Crippen molar-refractivity contribution in [1.29, 1.82) is 0 Å². The van der Waals surface area contributed by atoms with Crippen LogP contribution in [0, 0.1) is 0 Å². The van der Waals surface area contributed by atoms with Crippen molar-refractivity contribution in [1.82, 2.24) is 4.90 Å². The van der Waals surface area contributed by atoms with E-state index in [1.807, 2.05) is 0 Å². The standard InChI is InChI=1S/C10H20N2O4/c1-10(2,3)16-9(15)12-4-6(11)8(14)7(12)5-13/h6-8,13-14H,4-5,11H2,1-3H3/t6-,7-,8+/m1/s1. The molecule has 0 spiro atoms. The van der Waals surface area contributed by atoms with Gasteiger partial charge in [0.05, 0.1) is 24.8 Å². The van der Waals surface area contributed by atoms with Crippen LogP contribution in [0.3, 0.4) is 0 Å². The Labute approximate surface area is 95.0 Å². The van der Waals surface area contributed by atoms with Gasteiger partial charge in [-0.25, -0.2) is 4.79 Å². The predicted molar refractivity (Wildman–Crippen MR) is 57.8 cm³/mol. The number of aliphatic hydroxyl groups excluding tert-OH is 2. The Morgan fingerprint density at radius 3 is 2.56 bits per heavy atom. The van der Waals surface area contributed by atoms with E-state index in [9.17, 15) is 9.90 Å². The number of amides is 1. The van der Waals surface area contributed by atoms with Crippen molar-refractivity contribution in [2.24, 2.45) is 5.73 Å². The first-order valence-electron chi connectivity index (χ1n) is 5.30. The molecule has 0 unspecified atom stereocenters. The van der Waals surface area contributed by atoms with Gasteiger partial charge in [-0.2, -0.15) is 0 Å². The lowest BCUT2D eigenvalue weighted by molar-refractivity contribution is 0.00639. The molecule has 0 radical (unpaired) electrons. The molecular weight excluding hydrogens is 212 g/mol. The first-order valence-corrected chi connectivity index (χ1v) is 5.30. The maximum Gasteiger partial charge on any atom is 0.410 e. The van der Waals surface area contributed by atoms with Crippen LogP contribution in [0.2, 0.25) is 0 Å². The second-order valence-corrected chi connectivity index (χ2v) is 5.04. The summed E-state index contributed by atoms with van der Waals surface area (Å²) in [4.78, 5) is 13.0. The van der Waals surface area contributed by atoms with Crippen molar-refractivity contribution >= 4 is 6.09 Å². The monoisotopic (exact) mass is 232 g/mol. The Morgan fingerprint density at radius 2 is 2.12 bits per heavy atom. The minimum absolute atomic E-state index is 0.196. The fourth-order valence-electron chi connectivity index (χ4n) is 1.68. The van der Waals surface area contributed by atoms with Crippen LogP contribution >= 0.6 is 0 Å². The normalized spacial score (nSPS) is 30.6. The number of likely N-dealkylation sites (tertiary alicyclic amines) is 1. The van der Waals surface area contributed by atoms with Crippen molar-refractivity contribution < 1.29 is 19.7 Å². The lowest BCUT2D eigenvalue weighted by atomic mass is 10.1. The lowest BCUT2D eigenvalue weighted by Crippen LogP contribution is -2.44. The van der Waals surface area contributed by atoms with Gasteiger partial charge in [0, 0.05) is 6.54 Å². The molecule has 0 aliphatic carbocycles. The summed E-state index contributed by atoms with van der Waals surface area (Å²) in [6.07, 6.45) is -1.46. The smallest absolute Gasteiger partial charge is 0.410 e. The van der Waals surface area contributed by atoms with E-state index in [2.05, 4.69) is 0 Å². The van der Waals surface area contributed by atoms with E-state index in [1.54, 1.807) is 20.8 Å². The second kappa shape index (κ2) is 4.57. The van der Waals surface area contributed by atoms with Gasteiger partial charge in [0.2, 0.25) is 0 Å². The number of carbonyl (C=O) groups excluding carboxylic acids is 1. The van der Waals surface area contributed by atoms with Crippen LogP contribution in [0.25, 0.3) is 0 Å². The number of ether oxygens (including phenoxy) is 1. The van der Waals surface area contributed by atoms with Crippen LogP contribution in [0.1, 0.15) is 20.8 Å². The third kappa shape index (κ3) is 2.84. The minimum Gasteiger partial charge on any atom is -0.444 e. The van der Waals surface area contributed by atoms with E-state index in [0.29, 0.717) is 0 Å². The van der Waals surface area contributed by atoms with E-state index in [-0.39, 0.29) is 13.2 Å². The summed E-state index contributed by atoms with van der Waals surface area (Å²) >= 11 is 0. The van der Waals surface area contributed by atoms with E-state index >= 15 is 0 Å². The fourth-order valence-corrected chi connectivity index (χ4v) is 1.68. The molecule has 1 rings (SSSR count). The van der Waals surface area contributed by atoms with Crippen molar-refractivity contribution in [2.45, 2.75) is 44.6 Å². The van der Waals surface area contributed by atoms with Gasteiger partial charge in [-0.15, -0.1) is 0 Å². The second-order valence-electron chi connectivity index (χ2n) is 5.04. The highest BCUT2D eigenvalue weighted by Gasteiger charge is 2.42. The number of rotatable bonds is 1. The van der Waals surface area contributed by atoms with Gasteiger partial charge in [-0.1, -0.05) is 0 Å². The van der Waals surface area contributed by atoms with Gasteiger partial charge in [0.25, 0.3) is 0 Å². The number of nitrogens with zero attached hydrogens (tertiary/aromatic N) is 1. The van der Waals surface area contributed by atoms with Gasteiger partial charge < -0.3 is 20.7 Å². The Balaban J connectivity index is 2.69. The highest BCUT2D eigenvalue weighted by atomic mass is 16.6. The summed E-state index contributed by atoms with van der Waals surface area (Å²) in [5.41, 5.74) is 5.02. The molecule has 16 heavy (non-hydrogen) atoms. The van der Waals surface area contributed by atoms with Crippen LogP contribution < -0.4 is 5.73 Å². The summed E-state index contributed by atoms with van der Waals surface area (Å²) in [6, 6.07) is -1.21. The summed E-state index contributed by atoms with van der Waals surface area (Å²) < 4.78 is 5.16. The fraction of sp³-hybridized carbons (Fsp3) is 0.900. The first-order chi connectivity index (χ1) is 7.26. The summed E-state index contributed by atoms with van der Waals surface area (Å²) in [5.74, 6) is 0. The number of nitrogens with two attached hydrogens (primary N) is 1. The average molecular weight is 232 g/mol. The van der Waals surface area contributed by atoms with Gasteiger partial charge in [0.1, 0.15) is 5.60 Å². The topological polar surface area (TPSA) is 96.0 Å². The molecule has 1 aliphatic rings. The van der Waals surface area contributed by atoms with E-state index in [4.69, 9.17) is 15.6 Å². The molecular formula is C10H20N2O4. The van der Waals surface area contributed by atoms with Crippen molar-refractivity contribution in [3.8, 4) is 0 Å². The van der Waals surface area contributed by atoms with Crippen LogP contribution in [-0.2, 0) is 4.74 Å². The van der Waals surface area contributed by atoms with E-state index in [1.165, 1.54) is 4.90 Å². The number of carbonyl (C=O) groups is 1. The largest absolute Gasteiger partial charge is 0.444 e. The molecule has 6 nitrogen and oxygen atoms in total. The lowest BCUT2D eigenvalue weighted by Gasteiger charge is -2.28. The zero-order chi connectivity index (χ0) is 12.5. The molecule has 0 saturated carbocycles. The molecule has 1 fully saturated rings. The van der Waals surface area contributed by atoms with Gasteiger partial charge >= 0.3 is 6.09 Å². The molecule has 0 aromatic heterocycles. The van der Waals surface area contributed by atoms with Crippen LogP contribution in [0.5, 0.6) is 0 Å². The third-order valence-corrected chi connectivity index (χ3v) is 2.46. The quantitative estimate of drug-likeness (QED) is 0.555. The number of hydrogen-bond donors (Lipinski definition) is 3. The molecule has 0 aromatic rings. The summed E-state index contributed by atoms with van der Waals surface area (Å²) in [7, 11) is 0. The molecule has 1 amide bonds. The molecule has 3 atom stereocenters. The molecule has 1 saturated heterocycles. The Bertz CT molecular complexity index is 264. The third-order valence-electron chi connectivity index (χ3n) is 2.46. The highest BCUT2D eigenvalue weighted by Crippen LogP contribution is 2.20. The summed E-state index contributed by atoms with van der Waals surface area (Å²) in [5, 5.41) is 18.7. The predicted octanol–water partition coefficient (Wildman–Crippen LogP) is -0.714. The molecule has 0 bridgehead atoms. The molecule has 4 N–H and O–H groups in total. The van der Waals surface area contributed by atoms with Gasteiger partial charge in [-0.05, 0) is 20.8 Å². The van der Waals surface area contributed by atoms with Crippen molar-refractivity contribution in [3.05, 3.63) is 0 Å². The maximum absolute atomic E-state index is 11.7. The first kappa shape index (κ1) is 13.2. The van der Waals surface area contributed by atoms with Crippen molar-refractivity contribution in [3.63, 3.8) is 0 Å². The highest BCUT2D eigenvalue weighted by molar-refractivity contribution is 5.69. The zero-order valence-electron chi connectivity index (χ0n) is 9.88. The van der Waals surface area contributed by atoms with Gasteiger partial charge in [0.15, 0.2) is 0 Å². The molecule has 94 valence electrons. The molecule has 1 heterocycles. The number of hydrogen-bond acceptors (Lipinski definition) is 5. The van der Waals surface area contributed by atoms with Crippen molar-refractivity contribution in [2.75, 3.05) is 13.2 Å². The Kier molecular flexibility index (Phi) is 3.77. The minimum atomic E-state index is -0.905. The Hall–Kier alpha value is -0.850. The van der Waals surface area contributed by atoms with E-state index in [0.717, 1.165) is 0 Å². The Morgan fingerprint density at radius 1 is 1.56 bits per heavy atom. The molecule has 1 aliphatic heterocycles. The van der Waals surface area contributed by atoms with Crippen LogP contribution in [0.15, 0.2) is 0 Å². The average Bonchev–Trinajstić information content (AvgIpc) is 2.40. The summed E-state index contributed by atoms with van der Waals surface area (Å²) in [6.45, 7) is 5.14. The zero-order valence-corrected chi connectivity index (χ0v) is 9.88. The van der Waals surface area contributed by atoms with Gasteiger partial charge in [-0.3, -0.25) is 4.90 Å². The maximum atomic E-state index is 11.7. The van der Waals surface area contributed by atoms with Crippen LogP contribution in [-0.4, -0.2) is 58.1 Å². The van der Waals surface area contributed by atoms with Crippen LogP contribution in [0.4, 0.5) is 4.79 Å². The molecule has 0 aromatic carbocycles.